The summed E-state index contributed by atoms with van der Waals surface area (Å²) in [7, 11) is 0. The molecule has 1 aromatic rings. The van der Waals surface area contributed by atoms with Crippen molar-refractivity contribution >= 4 is 17.3 Å². The van der Waals surface area contributed by atoms with Gasteiger partial charge in [-0.1, -0.05) is 18.5 Å². The van der Waals surface area contributed by atoms with E-state index in [9.17, 15) is 17.6 Å². The van der Waals surface area contributed by atoms with Crippen LogP contribution in [0.5, 0.6) is 0 Å². The summed E-state index contributed by atoms with van der Waals surface area (Å²) in [5.74, 6) is -1.22. The lowest BCUT2D eigenvalue weighted by Crippen LogP contribution is -2.12. The largest absolute Gasteiger partial charge is 0.418 e. The Bertz CT molecular complexity index is 387. The summed E-state index contributed by atoms with van der Waals surface area (Å²) in [5.41, 5.74) is 3.57. The number of anilines is 1. The van der Waals surface area contributed by atoms with Crippen LogP contribution in [0.3, 0.4) is 0 Å². The molecule has 1 rings (SSSR count). The molecule has 0 amide bonds. The molecule has 0 radical (unpaired) electrons. The molecule has 0 aliphatic heterocycles. The third-order valence-electron chi connectivity index (χ3n) is 1.98. The summed E-state index contributed by atoms with van der Waals surface area (Å²) >= 11 is 5.29. The molecule has 2 N–H and O–H groups in total. The number of rotatable bonds is 1. The minimum Gasteiger partial charge on any atom is -0.396 e. The fourth-order valence-corrected chi connectivity index (χ4v) is 1.62. The second-order valence-electron chi connectivity index (χ2n) is 2.98. The molecule has 15 heavy (non-hydrogen) atoms. The SMILES string of the molecule is CCc1cc(N)c(F)c(Cl)c1C(F)(F)F. The third kappa shape index (κ3) is 2.17. The van der Waals surface area contributed by atoms with Crippen LogP contribution in [0.2, 0.25) is 5.02 Å². The molecule has 1 aromatic carbocycles. The Balaban J connectivity index is 3.55. The molecule has 0 fully saturated rings. The van der Waals surface area contributed by atoms with Gasteiger partial charge in [0.2, 0.25) is 0 Å². The molecule has 84 valence electrons. The van der Waals surface area contributed by atoms with E-state index in [2.05, 4.69) is 0 Å². The molecule has 0 aliphatic carbocycles. The molecule has 0 heterocycles. The molecule has 1 nitrogen and oxygen atoms in total. The first-order valence-electron chi connectivity index (χ1n) is 4.12. The zero-order valence-corrected chi connectivity index (χ0v) is 8.51. The van der Waals surface area contributed by atoms with E-state index in [0.717, 1.165) is 6.07 Å². The summed E-state index contributed by atoms with van der Waals surface area (Å²) in [5, 5.41) is -0.959. The quantitative estimate of drug-likeness (QED) is 0.590. The first kappa shape index (κ1) is 12.1. The molecule has 0 atom stereocenters. The first-order valence-corrected chi connectivity index (χ1v) is 4.50. The van der Waals surface area contributed by atoms with E-state index in [0.29, 0.717) is 0 Å². The van der Waals surface area contributed by atoms with Crippen molar-refractivity contribution in [2.24, 2.45) is 0 Å². The molecule has 0 bridgehead atoms. The van der Waals surface area contributed by atoms with Crippen LogP contribution >= 0.6 is 11.6 Å². The van der Waals surface area contributed by atoms with Crippen LogP contribution in [0, 0.1) is 5.82 Å². The van der Waals surface area contributed by atoms with Gasteiger partial charge >= 0.3 is 6.18 Å². The van der Waals surface area contributed by atoms with E-state index >= 15 is 0 Å². The Morgan fingerprint density at radius 3 is 2.33 bits per heavy atom. The Hall–Kier alpha value is -0.970. The maximum absolute atomic E-state index is 13.1. The van der Waals surface area contributed by atoms with Crippen LogP contribution in [0.4, 0.5) is 23.2 Å². The third-order valence-corrected chi connectivity index (χ3v) is 2.34. The number of hydrogen-bond acceptors (Lipinski definition) is 1. The van der Waals surface area contributed by atoms with Crippen molar-refractivity contribution in [1.82, 2.24) is 0 Å². The lowest BCUT2D eigenvalue weighted by molar-refractivity contribution is -0.138. The zero-order valence-electron chi connectivity index (χ0n) is 7.75. The van der Waals surface area contributed by atoms with E-state index in [1.165, 1.54) is 6.92 Å². The summed E-state index contributed by atoms with van der Waals surface area (Å²) in [6, 6.07) is 0.962. The second-order valence-corrected chi connectivity index (χ2v) is 3.36. The molecule has 0 aromatic heterocycles. The van der Waals surface area contributed by atoms with Gasteiger partial charge in [0.05, 0.1) is 16.3 Å². The van der Waals surface area contributed by atoms with Crippen LogP contribution in [-0.2, 0) is 12.6 Å². The number of nitrogen functional groups attached to an aromatic ring is 1. The highest BCUT2D eigenvalue weighted by Gasteiger charge is 2.37. The normalized spacial score (nSPS) is 11.9. The minimum atomic E-state index is -4.67. The number of nitrogens with two attached hydrogens (primary N) is 1. The average molecular weight is 242 g/mol. The highest BCUT2D eigenvalue weighted by atomic mass is 35.5. The van der Waals surface area contributed by atoms with Crippen molar-refractivity contribution in [2.75, 3.05) is 5.73 Å². The van der Waals surface area contributed by atoms with Gasteiger partial charge in [-0.05, 0) is 18.1 Å². The van der Waals surface area contributed by atoms with E-state index in [4.69, 9.17) is 17.3 Å². The smallest absolute Gasteiger partial charge is 0.396 e. The number of alkyl halides is 3. The summed E-state index contributed by atoms with van der Waals surface area (Å²) in [6.07, 6.45) is -4.59. The fraction of sp³-hybridized carbons (Fsp3) is 0.333. The highest BCUT2D eigenvalue weighted by molar-refractivity contribution is 6.32. The molecular weight excluding hydrogens is 234 g/mol. The van der Waals surface area contributed by atoms with Crippen molar-refractivity contribution < 1.29 is 17.6 Å². The van der Waals surface area contributed by atoms with E-state index in [1.807, 2.05) is 0 Å². The second kappa shape index (κ2) is 3.89. The highest BCUT2D eigenvalue weighted by Crippen LogP contribution is 2.40. The van der Waals surface area contributed by atoms with Gasteiger partial charge in [0.1, 0.15) is 0 Å². The van der Waals surface area contributed by atoms with Crippen molar-refractivity contribution in [3.8, 4) is 0 Å². The standard InChI is InChI=1S/C9H8ClF4N/c1-2-4-3-5(15)8(11)7(10)6(4)9(12,13)14/h3H,2,15H2,1H3. The lowest BCUT2D eigenvalue weighted by Gasteiger charge is -2.15. The minimum absolute atomic E-state index is 0.0824. The zero-order chi connectivity index (χ0) is 11.8. The van der Waals surface area contributed by atoms with Gasteiger partial charge in [-0.2, -0.15) is 13.2 Å². The van der Waals surface area contributed by atoms with Gasteiger partial charge < -0.3 is 5.73 Å². The monoisotopic (exact) mass is 241 g/mol. The van der Waals surface area contributed by atoms with Crippen molar-refractivity contribution in [3.63, 3.8) is 0 Å². The van der Waals surface area contributed by atoms with Gasteiger partial charge in [-0.25, -0.2) is 4.39 Å². The van der Waals surface area contributed by atoms with Crippen LogP contribution < -0.4 is 5.73 Å². The van der Waals surface area contributed by atoms with E-state index < -0.39 is 22.6 Å². The Kier molecular flexibility index (Phi) is 3.13. The van der Waals surface area contributed by atoms with Gasteiger partial charge in [0.15, 0.2) is 5.82 Å². The Morgan fingerprint density at radius 1 is 1.40 bits per heavy atom. The van der Waals surface area contributed by atoms with E-state index in [1.54, 1.807) is 0 Å². The first-order chi connectivity index (χ1) is 6.79. The van der Waals surface area contributed by atoms with Crippen molar-refractivity contribution in [3.05, 3.63) is 28.0 Å². The van der Waals surface area contributed by atoms with Gasteiger partial charge in [0.25, 0.3) is 0 Å². The predicted octanol–water partition coefficient (Wildman–Crippen LogP) is 3.64. The average Bonchev–Trinajstić information content (AvgIpc) is 2.11. The summed E-state index contributed by atoms with van der Waals surface area (Å²) in [6.45, 7) is 1.51. The number of benzene rings is 1. The van der Waals surface area contributed by atoms with Crippen LogP contribution in [0.15, 0.2) is 6.07 Å². The number of aryl methyl sites for hydroxylation is 1. The molecule has 0 aliphatic rings. The van der Waals surface area contributed by atoms with Crippen molar-refractivity contribution in [1.29, 1.82) is 0 Å². The number of hydrogen-bond donors (Lipinski definition) is 1. The van der Waals surface area contributed by atoms with Gasteiger partial charge in [-0.3, -0.25) is 0 Å². The molecule has 0 saturated heterocycles. The van der Waals surface area contributed by atoms with Crippen molar-refractivity contribution in [2.45, 2.75) is 19.5 Å². The summed E-state index contributed by atoms with van der Waals surface area (Å²) < 4.78 is 50.6. The molecular formula is C9H8ClF4N. The fourth-order valence-electron chi connectivity index (χ4n) is 1.29. The lowest BCUT2D eigenvalue weighted by atomic mass is 10.0. The van der Waals surface area contributed by atoms with E-state index in [-0.39, 0.29) is 17.7 Å². The summed E-state index contributed by atoms with van der Waals surface area (Å²) in [4.78, 5) is 0. The Labute approximate surface area is 88.8 Å². The molecule has 0 saturated carbocycles. The number of halogens is 5. The maximum atomic E-state index is 13.1. The molecule has 0 unspecified atom stereocenters. The van der Waals surface area contributed by atoms with Crippen LogP contribution in [0.25, 0.3) is 0 Å². The van der Waals surface area contributed by atoms with Gasteiger partial charge in [-0.15, -0.1) is 0 Å². The van der Waals surface area contributed by atoms with Crippen LogP contribution in [0.1, 0.15) is 18.1 Å². The molecule has 0 spiro atoms. The predicted molar refractivity (Wildman–Crippen MR) is 50.2 cm³/mol. The Morgan fingerprint density at radius 2 is 1.93 bits per heavy atom. The van der Waals surface area contributed by atoms with Gasteiger partial charge in [0, 0.05) is 0 Å². The maximum Gasteiger partial charge on any atom is 0.418 e. The van der Waals surface area contributed by atoms with Crippen LogP contribution in [-0.4, -0.2) is 0 Å². The molecule has 6 heteroatoms. The topological polar surface area (TPSA) is 26.0 Å².